The molecule has 0 spiro atoms. The van der Waals surface area contributed by atoms with Crippen molar-refractivity contribution in [1.29, 1.82) is 0 Å². The van der Waals surface area contributed by atoms with Gasteiger partial charge in [-0.05, 0) is 19.9 Å². The average molecular weight is 305 g/mol. The van der Waals surface area contributed by atoms with Crippen LogP contribution in [-0.4, -0.2) is 25.0 Å². The zero-order chi connectivity index (χ0) is 16.3. The summed E-state index contributed by atoms with van der Waals surface area (Å²) in [7, 11) is 0. The molecule has 0 unspecified atom stereocenters. The summed E-state index contributed by atoms with van der Waals surface area (Å²) >= 11 is 0. The Bertz CT molecular complexity index is 677. The quantitative estimate of drug-likeness (QED) is 0.384. The maximum absolute atomic E-state index is 12.0. The van der Waals surface area contributed by atoms with Crippen LogP contribution < -0.4 is 19.5 Å². The molecule has 0 fully saturated rings. The maximum Gasteiger partial charge on any atom is 0.308 e. The molecule has 0 aromatic heterocycles. The van der Waals surface area contributed by atoms with Crippen LogP contribution in [0.1, 0.15) is 35.3 Å². The van der Waals surface area contributed by atoms with E-state index in [1.807, 2.05) is 0 Å². The van der Waals surface area contributed by atoms with Gasteiger partial charge in [0.15, 0.2) is 17.3 Å². The first-order valence-corrected chi connectivity index (χ1v) is 6.49. The number of esters is 1. The highest BCUT2D eigenvalue weighted by molar-refractivity contribution is 6.03. The van der Waals surface area contributed by atoms with E-state index in [2.05, 4.69) is 5.32 Å². The summed E-state index contributed by atoms with van der Waals surface area (Å²) in [5.41, 5.74) is 1.12. The molecular formula is C15H15NO6. The number of nitrogens with one attached hydrogen (secondary N) is 1. The fraction of sp³-hybridized carbons (Fsp3) is 0.267. The number of rotatable bonds is 5. The van der Waals surface area contributed by atoms with Gasteiger partial charge in [-0.3, -0.25) is 14.4 Å². The molecule has 0 aliphatic carbocycles. The summed E-state index contributed by atoms with van der Waals surface area (Å²) in [5, 5.41) is 2.35. The van der Waals surface area contributed by atoms with Crippen LogP contribution in [0.4, 0.5) is 0 Å². The minimum atomic E-state index is -0.533. The third kappa shape index (κ3) is 2.78. The Morgan fingerprint density at radius 1 is 1.23 bits per heavy atom. The smallest absolute Gasteiger partial charge is 0.308 e. The normalized spacial score (nSPS) is 12.3. The van der Waals surface area contributed by atoms with Crippen LogP contribution in [0.2, 0.25) is 0 Å². The van der Waals surface area contributed by atoms with Crippen molar-refractivity contribution in [3.63, 3.8) is 0 Å². The maximum atomic E-state index is 12.0. The van der Waals surface area contributed by atoms with Gasteiger partial charge in [-0.25, -0.2) is 0 Å². The largest absolute Gasteiger partial charge is 0.453 e. The van der Waals surface area contributed by atoms with E-state index >= 15 is 0 Å². The van der Waals surface area contributed by atoms with Crippen molar-refractivity contribution in [3.05, 3.63) is 22.9 Å². The molecule has 7 nitrogen and oxygen atoms in total. The lowest BCUT2D eigenvalue weighted by Gasteiger charge is -2.15. The molecule has 0 saturated heterocycles. The van der Waals surface area contributed by atoms with Gasteiger partial charge in [0, 0.05) is 24.3 Å². The molecule has 116 valence electrons. The molecule has 2 rings (SSSR count). The van der Waals surface area contributed by atoms with Gasteiger partial charge in [0.25, 0.3) is 0 Å². The van der Waals surface area contributed by atoms with Gasteiger partial charge < -0.3 is 19.5 Å². The second-order valence-electron chi connectivity index (χ2n) is 4.58. The van der Waals surface area contributed by atoms with Gasteiger partial charge in [0.1, 0.15) is 5.75 Å². The number of carbonyl (C=O) groups excluding carboxylic acids is 3. The van der Waals surface area contributed by atoms with E-state index in [-0.39, 0.29) is 23.9 Å². The van der Waals surface area contributed by atoms with Gasteiger partial charge in [0.05, 0.1) is 5.56 Å². The number of hydrogen-bond acceptors (Lipinski definition) is 6. The van der Waals surface area contributed by atoms with E-state index in [0.717, 1.165) is 0 Å². The first-order chi connectivity index (χ1) is 10.5. The zero-order valence-electron chi connectivity index (χ0n) is 12.4. The van der Waals surface area contributed by atoms with E-state index < -0.39 is 5.97 Å². The zero-order valence-corrected chi connectivity index (χ0v) is 12.4. The Hall–Kier alpha value is -2.83. The van der Waals surface area contributed by atoms with E-state index in [0.29, 0.717) is 29.0 Å². The second kappa shape index (κ2) is 6.30. The molecule has 1 aromatic carbocycles. The predicted octanol–water partition coefficient (Wildman–Crippen LogP) is 1.57. The number of hydrogen-bond donors (Lipinski definition) is 1. The minimum absolute atomic E-state index is 0.0181. The first-order valence-electron chi connectivity index (χ1n) is 6.49. The fourth-order valence-electron chi connectivity index (χ4n) is 2.24. The van der Waals surface area contributed by atoms with E-state index in [1.54, 1.807) is 6.92 Å². The minimum Gasteiger partial charge on any atom is -0.453 e. The van der Waals surface area contributed by atoms with Crippen molar-refractivity contribution in [1.82, 2.24) is 5.32 Å². The van der Waals surface area contributed by atoms with Crippen LogP contribution in [0, 0.1) is 6.92 Å². The Kier molecular flexibility index (Phi) is 4.45. The summed E-state index contributed by atoms with van der Waals surface area (Å²) in [4.78, 5) is 33.7. The number of ketones is 1. The van der Waals surface area contributed by atoms with Crippen LogP contribution >= 0.6 is 0 Å². The number of fused-ring (bicyclic) bond motifs is 1. The number of carbonyl (C=O) groups is 3. The first kappa shape index (κ1) is 15.6. The van der Waals surface area contributed by atoms with Crippen LogP contribution in [-0.2, 0) is 9.59 Å². The molecule has 1 amide bonds. The molecule has 1 N–H and O–H groups in total. The number of Topliss-reactive ketones (excluding diaryl/α,β-unsaturated/α-hetero) is 1. The van der Waals surface area contributed by atoms with Crippen LogP contribution in [0.5, 0.6) is 17.2 Å². The third-order valence-corrected chi connectivity index (χ3v) is 3.05. The molecule has 0 saturated carbocycles. The standard InChI is InChI=1S/C15H15NO6/c1-8-13(22-10(3)19)11(4-5-16-6-17)12(9(2)18)15-14(8)20-7-21-15/h4-6H,7H2,1-3H3,(H,16,17)/b5-4+. The van der Waals surface area contributed by atoms with Gasteiger partial charge in [-0.15, -0.1) is 0 Å². The number of ether oxygens (including phenoxy) is 3. The highest BCUT2D eigenvalue weighted by Gasteiger charge is 2.30. The predicted molar refractivity (Wildman–Crippen MR) is 76.8 cm³/mol. The van der Waals surface area contributed by atoms with Crippen molar-refractivity contribution >= 4 is 24.2 Å². The van der Waals surface area contributed by atoms with E-state index in [4.69, 9.17) is 14.2 Å². The van der Waals surface area contributed by atoms with Crippen molar-refractivity contribution in [2.75, 3.05) is 6.79 Å². The molecule has 1 aliphatic heterocycles. The van der Waals surface area contributed by atoms with Crippen LogP contribution in [0.25, 0.3) is 6.08 Å². The SMILES string of the molecule is CC(=O)Oc1c(C)c2c(c(C(C)=O)c1/C=C/NC=O)OCO2. The van der Waals surface area contributed by atoms with Gasteiger partial charge in [-0.1, -0.05) is 0 Å². The summed E-state index contributed by atoms with van der Waals surface area (Å²) in [6, 6.07) is 0. The molecule has 1 aliphatic rings. The van der Waals surface area contributed by atoms with Crippen molar-refractivity contribution in [2.45, 2.75) is 20.8 Å². The van der Waals surface area contributed by atoms with Crippen molar-refractivity contribution < 1.29 is 28.6 Å². The Balaban J connectivity index is 2.74. The molecule has 0 atom stereocenters. The summed E-state index contributed by atoms with van der Waals surface area (Å²) in [6.07, 6.45) is 3.29. The van der Waals surface area contributed by atoms with Crippen molar-refractivity contribution in [3.8, 4) is 17.2 Å². The number of benzene rings is 1. The average Bonchev–Trinajstić information content (AvgIpc) is 2.91. The van der Waals surface area contributed by atoms with Crippen LogP contribution in [0.15, 0.2) is 6.20 Å². The fourth-order valence-corrected chi connectivity index (χ4v) is 2.24. The molecular weight excluding hydrogens is 290 g/mol. The Morgan fingerprint density at radius 3 is 2.50 bits per heavy atom. The van der Waals surface area contributed by atoms with Gasteiger partial charge in [-0.2, -0.15) is 0 Å². The van der Waals surface area contributed by atoms with E-state index in [9.17, 15) is 14.4 Å². The van der Waals surface area contributed by atoms with Gasteiger partial charge >= 0.3 is 5.97 Å². The summed E-state index contributed by atoms with van der Waals surface area (Å²) in [6.45, 7) is 4.30. The van der Waals surface area contributed by atoms with Crippen molar-refractivity contribution in [2.24, 2.45) is 0 Å². The lowest BCUT2D eigenvalue weighted by molar-refractivity contribution is -0.132. The lowest BCUT2D eigenvalue weighted by Crippen LogP contribution is -2.09. The summed E-state index contributed by atoms with van der Waals surface area (Å²) in [5.74, 6) is 0.0786. The van der Waals surface area contributed by atoms with Crippen LogP contribution in [0.3, 0.4) is 0 Å². The highest BCUT2D eigenvalue weighted by Crippen LogP contribution is 2.47. The Morgan fingerprint density at radius 2 is 1.91 bits per heavy atom. The monoisotopic (exact) mass is 305 g/mol. The number of amides is 1. The molecule has 0 radical (unpaired) electrons. The molecule has 22 heavy (non-hydrogen) atoms. The van der Waals surface area contributed by atoms with Gasteiger partial charge in [0.2, 0.25) is 13.2 Å². The third-order valence-electron chi connectivity index (χ3n) is 3.05. The molecule has 1 aromatic rings. The Labute approximate surface area is 126 Å². The lowest BCUT2D eigenvalue weighted by atomic mass is 9.97. The molecule has 0 bridgehead atoms. The topological polar surface area (TPSA) is 90.9 Å². The molecule has 7 heteroatoms. The summed E-state index contributed by atoms with van der Waals surface area (Å²) < 4.78 is 16.0. The molecule has 1 heterocycles. The van der Waals surface area contributed by atoms with E-state index in [1.165, 1.54) is 26.1 Å². The second-order valence-corrected chi connectivity index (χ2v) is 4.58. The highest BCUT2D eigenvalue weighted by atomic mass is 16.7.